The molecule has 0 unspecified atom stereocenters. The molecule has 1 saturated heterocycles. The molecule has 0 saturated carbocycles. The molecule has 1 aromatic carbocycles. The standard InChI is InChI=1S/C17H18N4OS2/c1-3-20(4-2)13-7-5-12(6-8-13)11-14-15(22)21(16(18)24-14)17-19-9-10-23-17/h5-11,18H,3-4H2,1-2H3/b14-11-,18-16?. The molecule has 24 heavy (non-hydrogen) atoms. The largest absolute Gasteiger partial charge is 0.372 e. The minimum absolute atomic E-state index is 0.187. The third-order valence-electron chi connectivity index (χ3n) is 3.75. The summed E-state index contributed by atoms with van der Waals surface area (Å²) in [5.74, 6) is -0.187. The van der Waals surface area contributed by atoms with E-state index in [2.05, 4.69) is 35.9 Å². The van der Waals surface area contributed by atoms with Gasteiger partial charge in [0.25, 0.3) is 5.91 Å². The Labute approximate surface area is 149 Å². The summed E-state index contributed by atoms with van der Waals surface area (Å²) in [7, 11) is 0. The Morgan fingerprint density at radius 1 is 1.25 bits per heavy atom. The smallest absolute Gasteiger partial charge is 0.273 e. The van der Waals surface area contributed by atoms with Gasteiger partial charge in [-0.3, -0.25) is 10.2 Å². The molecule has 7 heteroatoms. The highest BCUT2D eigenvalue weighted by Gasteiger charge is 2.34. The Kier molecular flexibility index (Phi) is 5.01. The summed E-state index contributed by atoms with van der Waals surface area (Å²) in [5.41, 5.74) is 2.13. The van der Waals surface area contributed by atoms with Gasteiger partial charge >= 0.3 is 0 Å². The van der Waals surface area contributed by atoms with Crippen LogP contribution in [-0.2, 0) is 4.79 Å². The second kappa shape index (κ2) is 7.19. The van der Waals surface area contributed by atoms with Crippen LogP contribution in [0.2, 0.25) is 0 Å². The van der Waals surface area contributed by atoms with Crippen molar-refractivity contribution in [3.63, 3.8) is 0 Å². The van der Waals surface area contributed by atoms with Crippen molar-refractivity contribution in [1.82, 2.24) is 4.98 Å². The molecule has 0 bridgehead atoms. The predicted molar refractivity (Wildman–Crippen MR) is 103 cm³/mol. The summed E-state index contributed by atoms with van der Waals surface area (Å²) in [6, 6.07) is 8.13. The van der Waals surface area contributed by atoms with E-state index in [1.165, 1.54) is 33.7 Å². The lowest BCUT2D eigenvalue weighted by Crippen LogP contribution is -2.27. The van der Waals surface area contributed by atoms with Gasteiger partial charge in [-0.15, -0.1) is 11.3 Å². The second-order valence-electron chi connectivity index (χ2n) is 5.13. The van der Waals surface area contributed by atoms with E-state index < -0.39 is 0 Å². The maximum atomic E-state index is 12.5. The number of carbonyl (C=O) groups is 1. The van der Waals surface area contributed by atoms with Crippen molar-refractivity contribution in [3.05, 3.63) is 46.3 Å². The van der Waals surface area contributed by atoms with E-state index in [4.69, 9.17) is 5.41 Å². The van der Waals surface area contributed by atoms with Crippen LogP contribution in [0.1, 0.15) is 19.4 Å². The number of thiazole rings is 1. The summed E-state index contributed by atoms with van der Waals surface area (Å²) < 4.78 is 0. The highest BCUT2D eigenvalue weighted by molar-refractivity contribution is 8.19. The molecule has 0 radical (unpaired) electrons. The normalized spacial score (nSPS) is 16.2. The Bertz CT molecular complexity index is 764. The third-order valence-corrected chi connectivity index (χ3v) is 5.40. The Hall–Kier alpha value is -2.12. The van der Waals surface area contributed by atoms with Crippen molar-refractivity contribution in [2.24, 2.45) is 0 Å². The quantitative estimate of drug-likeness (QED) is 0.819. The van der Waals surface area contributed by atoms with Crippen LogP contribution in [-0.4, -0.2) is 29.1 Å². The van der Waals surface area contributed by atoms with Crippen LogP contribution in [0.15, 0.2) is 40.7 Å². The molecule has 0 atom stereocenters. The summed E-state index contributed by atoms with van der Waals surface area (Å²) in [4.78, 5) is 20.8. The van der Waals surface area contributed by atoms with Crippen LogP contribution in [0.25, 0.3) is 6.08 Å². The van der Waals surface area contributed by atoms with Crippen molar-refractivity contribution >= 4 is 51.1 Å². The molecular formula is C17H18N4OS2. The number of thioether (sulfide) groups is 1. The van der Waals surface area contributed by atoms with Crippen molar-refractivity contribution in [2.75, 3.05) is 22.9 Å². The molecule has 2 heterocycles. The summed E-state index contributed by atoms with van der Waals surface area (Å²) in [6.45, 7) is 6.19. The lowest BCUT2D eigenvalue weighted by Gasteiger charge is -2.20. The van der Waals surface area contributed by atoms with Crippen molar-refractivity contribution in [2.45, 2.75) is 13.8 Å². The molecule has 1 aromatic heterocycles. The number of hydrogen-bond acceptors (Lipinski definition) is 6. The lowest BCUT2D eigenvalue weighted by molar-refractivity contribution is -0.113. The molecule has 0 spiro atoms. The molecule has 1 N–H and O–H groups in total. The molecule has 1 aliphatic heterocycles. The van der Waals surface area contributed by atoms with Crippen LogP contribution in [0.4, 0.5) is 10.8 Å². The van der Waals surface area contributed by atoms with Gasteiger partial charge in [0.05, 0.1) is 4.91 Å². The van der Waals surface area contributed by atoms with Gasteiger partial charge in [0.1, 0.15) is 0 Å². The number of amidine groups is 1. The molecule has 0 aliphatic carbocycles. The van der Waals surface area contributed by atoms with E-state index in [0.717, 1.165) is 18.7 Å². The molecule has 5 nitrogen and oxygen atoms in total. The van der Waals surface area contributed by atoms with Crippen molar-refractivity contribution < 1.29 is 4.79 Å². The first-order chi connectivity index (χ1) is 11.6. The zero-order chi connectivity index (χ0) is 17.1. The van der Waals surface area contributed by atoms with E-state index in [9.17, 15) is 4.79 Å². The first kappa shape index (κ1) is 16.7. The molecule has 124 valence electrons. The predicted octanol–water partition coefficient (Wildman–Crippen LogP) is 4.04. The number of hydrogen-bond donors (Lipinski definition) is 1. The van der Waals surface area contributed by atoms with Gasteiger partial charge in [-0.2, -0.15) is 0 Å². The molecule has 1 fully saturated rings. The lowest BCUT2D eigenvalue weighted by atomic mass is 10.1. The molecule has 2 aromatic rings. The van der Waals surface area contributed by atoms with Gasteiger partial charge in [0.15, 0.2) is 10.3 Å². The maximum absolute atomic E-state index is 12.5. The molecular weight excluding hydrogens is 340 g/mol. The number of nitrogens with zero attached hydrogens (tertiary/aromatic N) is 3. The van der Waals surface area contributed by atoms with E-state index in [1.807, 2.05) is 18.2 Å². The maximum Gasteiger partial charge on any atom is 0.273 e. The number of amides is 1. The van der Waals surface area contributed by atoms with Gasteiger partial charge in [-0.25, -0.2) is 9.88 Å². The number of carbonyl (C=O) groups excluding carboxylic acids is 1. The average Bonchev–Trinajstić information content (AvgIpc) is 3.19. The number of anilines is 2. The molecule has 3 rings (SSSR count). The van der Waals surface area contributed by atoms with E-state index in [-0.39, 0.29) is 11.1 Å². The third kappa shape index (κ3) is 3.22. The summed E-state index contributed by atoms with van der Waals surface area (Å²) in [5, 5.41) is 10.6. The van der Waals surface area contributed by atoms with Crippen LogP contribution in [0, 0.1) is 5.41 Å². The van der Waals surface area contributed by atoms with E-state index in [0.29, 0.717) is 10.0 Å². The highest BCUT2D eigenvalue weighted by Crippen LogP contribution is 2.35. The Morgan fingerprint density at radius 2 is 1.96 bits per heavy atom. The second-order valence-corrected chi connectivity index (χ2v) is 7.04. The van der Waals surface area contributed by atoms with Gasteiger partial charge in [0.2, 0.25) is 0 Å². The minimum Gasteiger partial charge on any atom is -0.372 e. The van der Waals surface area contributed by atoms with Crippen LogP contribution in [0.3, 0.4) is 0 Å². The zero-order valence-corrected chi connectivity index (χ0v) is 15.2. The summed E-state index contributed by atoms with van der Waals surface area (Å²) >= 11 is 2.52. The van der Waals surface area contributed by atoms with Crippen LogP contribution in [0.5, 0.6) is 0 Å². The minimum atomic E-state index is -0.187. The van der Waals surface area contributed by atoms with Crippen LogP contribution >= 0.6 is 23.1 Å². The highest BCUT2D eigenvalue weighted by atomic mass is 32.2. The average molecular weight is 358 g/mol. The van der Waals surface area contributed by atoms with Crippen molar-refractivity contribution in [3.8, 4) is 0 Å². The number of rotatable bonds is 5. The van der Waals surface area contributed by atoms with Crippen molar-refractivity contribution in [1.29, 1.82) is 5.41 Å². The van der Waals surface area contributed by atoms with E-state index in [1.54, 1.807) is 11.6 Å². The SMILES string of the molecule is CCN(CC)c1ccc(/C=C2\SC(=N)N(c3nccs3)C2=O)cc1. The fraction of sp³-hybridized carbons (Fsp3) is 0.235. The van der Waals surface area contributed by atoms with Crippen LogP contribution < -0.4 is 9.80 Å². The first-order valence-electron chi connectivity index (χ1n) is 7.71. The fourth-order valence-electron chi connectivity index (χ4n) is 2.51. The number of benzene rings is 1. The number of aromatic nitrogens is 1. The summed E-state index contributed by atoms with van der Waals surface area (Å²) in [6.07, 6.45) is 3.47. The monoisotopic (exact) mass is 358 g/mol. The Balaban J connectivity index is 1.82. The molecule has 1 aliphatic rings. The van der Waals surface area contributed by atoms with Gasteiger partial charge < -0.3 is 4.90 Å². The van der Waals surface area contributed by atoms with Gasteiger partial charge in [-0.1, -0.05) is 12.1 Å². The topological polar surface area (TPSA) is 60.3 Å². The first-order valence-corrected chi connectivity index (χ1v) is 9.40. The van der Waals surface area contributed by atoms with Gasteiger partial charge in [0, 0.05) is 30.4 Å². The zero-order valence-electron chi connectivity index (χ0n) is 13.5. The fourth-order valence-corrected chi connectivity index (χ4v) is 4.05. The van der Waals surface area contributed by atoms with E-state index >= 15 is 0 Å². The molecule has 1 amide bonds. The van der Waals surface area contributed by atoms with Gasteiger partial charge in [-0.05, 0) is 49.4 Å². The number of nitrogens with one attached hydrogen (secondary N) is 1. The Morgan fingerprint density at radius 3 is 2.54 bits per heavy atom.